The third kappa shape index (κ3) is 3.97. The number of nitrogens with one attached hydrogen (secondary N) is 2. The van der Waals surface area contributed by atoms with Gasteiger partial charge in [0.15, 0.2) is 0 Å². The van der Waals surface area contributed by atoms with Crippen LogP contribution in [0.3, 0.4) is 0 Å². The molecule has 9 nitrogen and oxygen atoms in total. The van der Waals surface area contributed by atoms with Crippen molar-refractivity contribution in [2.24, 2.45) is 0 Å². The van der Waals surface area contributed by atoms with Crippen molar-refractivity contribution in [2.75, 3.05) is 30.3 Å². The minimum absolute atomic E-state index is 0.0269. The monoisotopic (exact) mass is 400 g/mol. The number of anilines is 2. The summed E-state index contributed by atoms with van der Waals surface area (Å²) in [5.74, 6) is 0.251. The molecule has 146 valence electrons. The van der Waals surface area contributed by atoms with Gasteiger partial charge in [-0.3, -0.25) is 9.69 Å². The van der Waals surface area contributed by atoms with E-state index in [1.807, 2.05) is 30.3 Å². The van der Waals surface area contributed by atoms with Crippen LogP contribution in [0.4, 0.5) is 17.3 Å². The van der Waals surface area contributed by atoms with Crippen molar-refractivity contribution in [1.29, 1.82) is 0 Å². The molecule has 0 bridgehead atoms. The van der Waals surface area contributed by atoms with E-state index in [1.54, 1.807) is 11.6 Å². The quantitative estimate of drug-likeness (QED) is 0.487. The van der Waals surface area contributed by atoms with E-state index in [0.717, 1.165) is 31.6 Å². The Balaban J connectivity index is 1.31. The highest BCUT2D eigenvalue weighted by molar-refractivity contribution is 7.15. The molecule has 0 spiro atoms. The van der Waals surface area contributed by atoms with Crippen molar-refractivity contribution < 1.29 is 9.72 Å². The first-order chi connectivity index (χ1) is 13.6. The predicted molar refractivity (Wildman–Crippen MR) is 108 cm³/mol. The van der Waals surface area contributed by atoms with Gasteiger partial charge in [0.2, 0.25) is 11.7 Å². The number of para-hydroxylation sites is 1. The Kier molecular flexibility index (Phi) is 5.22. The number of piperidine rings is 1. The van der Waals surface area contributed by atoms with Crippen molar-refractivity contribution in [3.8, 4) is 0 Å². The van der Waals surface area contributed by atoms with Crippen LogP contribution in [-0.4, -0.2) is 50.8 Å². The Morgan fingerprint density at radius 3 is 2.75 bits per heavy atom. The SMILES string of the molecule is O=C(CN1CCC(Nc2nc3sccn3c2[N+](=O)[O-])CC1)Nc1ccccc1. The van der Waals surface area contributed by atoms with Gasteiger partial charge in [-0.1, -0.05) is 29.5 Å². The largest absolute Gasteiger partial charge is 0.372 e. The Morgan fingerprint density at radius 1 is 1.29 bits per heavy atom. The van der Waals surface area contributed by atoms with Crippen LogP contribution < -0.4 is 10.6 Å². The molecule has 1 amide bonds. The lowest BCUT2D eigenvalue weighted by Gasteiger charge is -2.31. The van der Waals surface area contributed by atoms with Crippen molar-refractivity contribution >= 4 is 39.5 Å². The summed E-state index contributed by atoms with van der Waals surface area (Å²) < 4.78 is 1.50. The number of hydrogen-bond acceptors (Lipinski definition) is 7. The van der Waals surface area contributed by atoms with Crippen LogP contribution in [-0.2, 0) is 4.79 Å². The molecule has 2 N–H and O–H groups in total. The van der Waals surface area contributed by atoms with Gasteiger partial charge in [0.05, 0.1) is 6.54 Å². The number of nitro groups is 1. The first-order valence-corrected chi connectivity index (χ1v) is 9.92. The van der Waals surface area contributed by atoms with Gasteiger partial charge < -0.3 is 20.7 Å². The molecule has 28 heavy (non-hydrogen) atoms. The number of fused-ring (bicyclic) bond motifs is 1. The second kappa shape index (κ2) is 7.95. The van der Waals surface area contributed by atoms with Crippen LogP contribution in [0, 0.1) is 10.1 Å². The maximum Gasteiger partial charge on any atom is 0.372 e. The molecule has 0 saturated carbocycles. The number of rotatable bonds is 6. The lowest BCUT2D eigenvalue weighted by atomic mass is 10.1. The fourth-order valence-electron chi connectivity index (χ4n) is 3.40. The number of thiazole rings is 1. The maximum absolute atomic E-state index is 12.2. The van der Waals surface area contributed by atoms with Gasteiger partial charge in [-0.15, -0.1) is 0 Å². The first kappa shape index (κ1) is 18.4. The number of benzene rings is 1. The molecule has 0 unspecified atom stereocenters. The van der Waals surface area contributed by atoms with Gasteiger partial charge >= 0.3 is 5.82 Å². The van der Waals surface area contributed by atoms with Crippen LogP contribution in [0.1, 0.15) is 12.8 Å². The zero-order valence-corrected chi connectivity index (χ0v) is 15.9. The maximum atomic E-state index is 12.2. The standard InChI is InChI=1S/C18H20N6O3S/c25-15(19-13-4-2-1-3-5-13)12-22-8-6-14(7-9-22)20-16-17(24(26)27)23-10-11-28-18(23)21-16/h1-5,10-11,14,20H,6-9,12H2,(H,19,25). The molecule has 10 heteroatoms. The summed E-state index contributed by atoms with van der Waals surface area (Å²) in [5, 5.41) is 19.3. The molecule has 1 aliphatic rings. The Bertz CT molecular complexity index is 978. The Hall–Kier alpha value is -2.98. The number of aromatic nitrogens is 2. The molecule has 1 fully saturated rings. The highest BCUT2D eigenvalue weighted by Crippen LogP contribution is 2.29. The minimum Gasteiger partial charge on any atom is -0.360 e. The summed E-state index contributed by atoms with van der Waals surface area (Å²) in [6.07, 6.45) is 3.24. The molecule has 1 aromatic carbocycles. The van der Waals surface area contributed by atoms with Crippen molar-refractivity contribution in [3.05, 3.63) is 52.0 Å². The molecule has 4 rings (SSSR count). The second-order valence-electron chi connectivity index (χ2n) is 6.71. The number of carbonyl (C=O) groups excluding carboxylic acids is 1. The smallest absolute Gasteiger partial charge is 0.360 e. The summed E-state index contributed by atoms with van der Waals surface area (Å²) in [4.78, 5) is 30.2. The molecule has 3 aromatic rings. The van der Waals surface area contributed by atoms with Crippen molar-refractivity contribution in [3.63, 3.8) is 0 Å². The minimum atomic E-state index is -0.405. The number of likely N-dealkylation sites (tertiary alicyclic amines) is 1. The fourth-order valence-corrected chi connectivity index (χ4v) is 4.11. The van der Waals surface area contributed by atoms with Gasteiger partial charge in [0.25, 0.3) is 4.96 Å². The highest BCUT2D eigenvalue weighted by atomic mass is 32.1. The van der Waals surface area contributed by atoms with Gasteiger partial charge in [0, 0.05) is 30.2 Å². The van der Waals surface area contributed by atoms with Crippen LogP contribution in [0.2, 0.25) is 0 Å². The van der Waals surface area contributed by atoms with Crippen LogP contribution in [0.25, 0.3) is 4.96 Å². The van der Waals surface area contributed by atoms with Crippen LogP contribution in [0.15, 0.2) is 41.9 Å². The predicted octanol–water partition coefficient (Wildman–Crippen LogP) is 2.82. The van der Waals surface area contributed by atoms with E-state index in [-0.39, 0.29) is 17.8 Å². The third-order valence-corrected chi connectivity index (χ3v) is 5.52. The normalized spacial score (nSPS) is 15.6. The van der Waals surface area contributed by atoms with Gasteiger partial charge in [-0.05, 0) is 29.9 Å². The molecule has 1 saturated heterocycles. The summed E-state index contributed by atoms with van der Waals surface area (Å²) in [5.41, 5.74) is 0.788. The van der Waals surface area contributed by atoms with E-state index in [1.165, 1.54) is 15.7 Å². The number of imidazole rings is 1. The number of nitrogens with zero attached hydrogens (tertiary/aromatic N) is 4. The average Bonchev–Trinajstić information content (AvgIpc) is 3.24. The number of hydrogen-bond donors (Lipinski definition) is 2. The Labute approximate surface area is 165 Å². The van der Waals surface area contributed by atoms with E-state index in [9.17, 15) is 14.9 Å². The molecule has 0 atom stereocenters. The van der Waals surface area contributed by atoms with E-state index < -0.39 is 4.92 Å². The molecule has 0 radical (unpaired) electrons. The van der Waals surface area contributed by atoms with E-state index in [0.29, 0.717) is 17.3 Å². The third-order valence-electron chi connectivity index (χ3n) is 4.76. The van der Waals surface area contributed by atoms with E-state index in [4.69, 9.17) is 0 Å². The van der Waals surface area contributed by atoms with Gasteiger partial charge in [-0.2, -0.15) is 9.38 Å². The van der Waals surface area contributed by atoms with Gasteiger partial charge in [0.1, 0.15) is 6.20 Å². The second-order valence-corrected chi connectivity index (χ2v) is 7.58. The Morgan fingerprint density at radius 2 is 2.04 bits per heavy atom. The molecular formula is C18H20N6O3S. The lowest BCUT2D eigenvalue weighted by Crippen LogP contribution is -2.42. The fraction of sp³-hybridized carbons (Fsp3) is 0.333. The number of amides is 1. The summed E-state index contributed by atoms with van der Waals surface area (Å²) in [6, 6.07) is 9.48. The van der Waals surface area contributed by atoms with E-state index >= 15 is 0 Å². The van der Waals surface area contributed by atoms with Crippen molar-refractivity contribution in [2.45, 2.75) is 18.9 Å². The molecule has 1 aliphatic heterocycles. The zero-order valence-electron chi connectivity index (χ0n) is 15.1. The van der Waals surface area contributed by atoms with Crippen LogP contribution in [0.5, 0.6) is 0 Å². The number of carbonyl (C=O) groups is 1. The molecule has 3 heterocycles. The summed E-state index contributed by atoms with van der Waals surface area (Å²) in [6.45, 7) is 1.83. The lowest BCUT2D eigenvalue weighted by molar-refractivity contribution is -0.389. The topological polar surface area (TPSA) is 105 Å². The zero-order chi connectivity index (χ0) is 19.5. The van der Waals surface area contributed by atoms with Gasteiger partial charge in [-0.25, -0.2) is 0 Å². The van der Waals surface area contributed by atoms with Crippen LogP contribution >= 0.6 is 11.3 Å². The first-order valence-electron chi connectivity index (χ1n) is 9.04. The average molecular weight is 400 g/mol. The van der Waals surface area contributed by atoms with Crippen molar-refractivity contribution in [1.82, 2.24) is 14.3 Å². The van der Waals surface area contributed by atoms with E-state index in [2.05, 4.69) is 20.5 Å². The molecule has 2 aromatic heterocycles. The summed E-state index contributed by atoms with van der Waals surface area (Å²) in [7, 11) is 0. The summed E-state index contributed by atoms with van der Waals surface area (Å²) >= 11 is 1.36. The molecular weight excluding hydrogens is 380 g/mol. The molecule has 0 aliphatic carbocycles. The highest BCUT2D eigenvalue weighted by Gasteiger charge is 2.27.